The molecular weight excluding hydrogens is 579 g/mol. The summed E-state index contributed by atoms with van der Waals surface area (Å²) < 4.78 is 72.6. The highest BCUT2D eigenvalue weighted by molar-refractivity contribution is 7.89. The zero-order valence-corrected chi connectivity index (χ0v) is 22.6. The van der Waals surface area contributed by atoms with Crippen LogP contribution in [0.25, 0.3) is 0 Å². The Bertz CT molecular complexity index is 1350. The molecule has 2 aromatic rings. The van der Waals surface area contributed by atoms with Crippen LogP contribution in [0.4, 0.5) is 29.5 Å². The van der Waals surface area contributed by atoms with Crippen LogP contribution in [-0.2, 0) is 20.9 Å². The number of amides is 1. The molecule has 1 amide bonds. The number of nitrogens with zero attached hydrogens (tertiary/aromatic N) is 5. The van der Waals surface area contributed by atoms with Crippen LogP contribution < -0.4 is 9.80 Å². The Balaban J connectivity index is 1.20. The molecule has 0 radical (unpaired) electrons. The summed E-state index contributed by atoms with van der Waals surface area (Å²) in [4.78, 5) is 21.2. The fourth-order valence-corrected chi connectivity index (χ4v) is 6.65. The number of carbonyl (C=O) groups excluding carboxylic acids is 1. The van der Waals surface area contributed by atoms with E-state index in [1.165, 1.54) is 33.5 Å². The maximum atomic E-state index is 13.2. The number of piperazine rings is 1. The van der Waals surface area contributed by atoms with Crippen molar-refractivity contribution in [3.05, 3.63) is 47.1 Å². The van der Waals surface area contributed by atoms with Crippen molar-refractivity contribution in [2.24, 2.45) is 0 Å². The van der Waals surface area contributed by atoms with Gasteiger partial charge in [0.1, 0.15) is 17.1 Å². The maximum Gasteiger partial charge on any atom is 0.416 e. The van der Waals surface area contributed by atoms with E-state index < -0.39 is 46.2 Å². The van der Waals surface area contributed by atoms with Gasteiger partial charge in [-0.05, 0) is 36.4 Å². The van der Waals surface area contributed by atoms with E-state index in [9.17, 15) is 36.6 Å². The van der Waals surface area contributed by atoms with E-state index >= 15 is 0 Å². The summed E-state index contributed by atoms with van der Waals surface area (Å²) in [5.74, 6) is 0.0223. The number of alkyl halides is 3. The molecule has 0 aliphatic carbocycles. The molecule has 3 aliphatic rings. The normalized spacial score (nSPS) is 25.1. The summed E-state index contributed by atoms with van der Waals surface area (Å²) >= 11 is 5.79. The molecule has 4 heterocycles. The summed E-state index contributed by atoms with van der Waals surface area (Å²) in [6, 6.07) is 7.41. The van der Waals surface area contributed by atoms with Gasteiger partial charge in [0.05, 0.1) is 29.2 Å². The minimum Gasteiger partial charge on any atom is -0.443 e. The Kier molecular flexibility index (Phi) is 7.89. The van der Waals surface area contributed by atoms with Crippen LogP contribution >= 0.6 is 11.6 Å². The van der Waals surface area contributed by atoms with Crippen molar-refractivity contribution in [2.45, 2.75) is 29.4 Å². The summed E-state index contributed by atoms with van der Waals surface area (Å²) in [5, 5.41) is 19.1. The molecule has 218 valence electrons. The zero-order chi connectivity index (χ0) is 28.8. The van der Waals surface area contributed by atoms with E-state index in [-0.39, 0.29) is 61.7 Å². The first-order valence-electron chi connectivity index (χ1n) is 12.5. The van der Waals surface area contributed by atoms with Crippen molar-refractivity contribution in [3.63, 3.8) is 0 Å². The number of pyridine rings is 1. The predicted octanol–water partition coefficient (Wildman–Crippen LogP) is 1.63. The lowest BCUT2D eigenvalue weighted by Crippen LogP contribution is -2.49. The average Bonchev–Trinajstić information content (AvgIpc) is 3.43. The van der Waals surface area contributed by atoms with Crippen molar-refractivity contribution >= 4 is 39.2 Å². The van der Waals surface area contributed by atoms with Gasteiger partial charge in [-0.1, -0.05) is 11.6 Å². The Morgan fingerprint density at radius 2 is 1.62 bits per heavy atom. The van der Waals surface area contributed by atoms with Gasteiger partial charge in [-0.3, -0.25) is 9.80 Å². The number of aromatic nitrogens is 1. The van der Waals surface area contributed by atoms with Crippen LogP contribution in [0, 0.1) is 0 Å². The Labute approximate surface area is 233 Å². The van der Waals surface area contributed by atoms with Crippen molar-refractivity contribution in [1.82, 2.24) is 14.2 Å². The Morgan fingerprint density at radius 1 is 1.00 bits per heavy atom. The van der Waals surface area contributed by atoms with E-state index in [4.69, 9.17) is 16.3 Å². The Hall–Kier alpha value is -2.69. The number of ether oxygens (including phenoxy) is 1. The number of β-amino-alcohol motifs (C(OH)–C–C–N with tert-alkyl or cyclic N) is 2. The number of rotatable bonds is 6. The summed E-state index contributed by atoms with van der Waals surface area (Å²) in [7, 11) is -3.91. The van der Waals surface area contributed by atoms with Crippen LogP contribution in [0.1, 0.15) is 5.56 Å². The molecule has 0 saturated carbocycles. The average molecular weight is 606 g/mol. The quantitative estimate of drug-likeness (QED) is 0.473. The number of benzene rings is 1. The molecule has 16 heteroatoms. The number of hydrogen-bond acceptors (Lipinski definition) is 9. The molecule has 3 aliphatic heterocycles. The molecule has 3 atom stereocenters. The molecule has 0 spiro atoms. The van der Waals surface area contributed by atoms with Crippen molar-refractivity contribution < 1.29 is 41.3 Å². The first-order valence-corrected chi connectivity index (χ1v) is 14.3. The molecule has 1 unspecified atom stereocenters. The molecule has 0 bridgehead atoms. The van der Waals surface area contributed by atoms with Crippen molar-refractivity contribution in [3.8, 4) is 0 Å². The van der Waals surface area contributed by atoms with Gasteiger partial charge in [0.15, 0.2) is 0 Å². The van der Waals surface area contributed by atoms with Gasteiger partial charge in [-0.15, -0.1) is 0 Å². The highest BCUT2D eigenvalue weighted by Crippen LogP contribution is 2.33. The summed E-state index contributed by atoms with van der Waals surface area (Å²) in [6.45, 7) is 1.42. The molecule has 40 heavy (non-hydrogen) atoms. The second kappa shape index (κ2) is 10.9. The first-order chi connectivity index (χ1) is 18.8. The van der Waals surface area contributed by atoms with E-state index in [1.54, 1.807) is 4.90 Å². The fourth-order valence-electron chi connectivity index (χ4n) is 5.02. The number of cyclic esters (lactones) is 1. The van der Waals surface area contributed by atoms with Gasteiger partial charge in [0.25, 0.3) is 0 Å². The lowest BCUT2D eigenvalue weighted by atomic mass is 10.2. The van der Waals surface area contributed by atoms with Crippen LogP contribution in [0.5, 0.6) is 0 Å². The molecule has 1 aromatic carbocycles. The van der Waals surface area contributed by atoms with Gasteiger partial charge >= 0.3 is 12.3 Å². The smallest absolute Gasteiger partial charge is 0.416 e. The minimum atomic E-state index is -4.59. The molecule has 2 N–H and O–H groups in total. The van der Waals surface area contributed by atoms with E-state index in [0.717, 1.165) is 12.1 Å². The number of halogens is 4. The number of aliphatic hydroxyl groups is 2. The minimum absolute atomic E-state index is 0.00842. The SMILES string of the molecule is O=C1OC(CN2C[C@@H](O)[C@@H](O)C2)CN1c1ccc(S(=O)(=O)N2CCN(c3cc(C(F)(F)F)cc(Cl)n3)CC2)cc1. The molecule has 11 nitrogen and oxygen atoms in total. The Morgan fingerprint density at radius 3 is 2.23 bits per heavy atom. The van der Waals surface area contributed by atoms with Gasteiger partial charge in [-0.2, -0.15) is 17.5 Å². The molecule has 3 fully saturated rings. The zero-order valence-electron chi connectivity index (χ0n) is 21.0. The lowest BCUT2D eigenvalue weighted by molar-refractivity contribution is -0.137. The number of carbonyl (C=O) groups is 1. The van der Waals surface area contributed by atoms with E-state index in [2.05, 4.69) is 4.98 Å². The number of likely N-dealkylation sites (tertiary alicyclic amines) is 1. The topological polar surface area (TPSA) is 127 Å². The summed E-state index contributed by atoms with van der Waals surface area (Å²) in [6.07, 6.45) is -7.35. The lowest BCUT2D eigenvalue weighted by Gasteiger charge is -2.35. The third kappa shape index (κ3) is 5.99. The number of sulfonamides is 1. The van der Waals surface area contributed by atoms with Crippen LogP contribution in [0.3, 0.4) is 0 Å². The van der Waals surface area contributed by atoms with Crippen molar-refractivity contribution in [2.75, 3.05) is 62.2 Å². The molecule has 1 aromatic heterocycles. The highest BCUT2D eigenvalue weighted by atomic mass is 35.5. The standard InChI is InChI=1S/C24H27ClF3N5O6S/c25-21-9-15(24(26,27)28)10-22(29-21)31-5-7-32(8-6-31)40(37,38)18-3-1-16(2-4-18)33-12-17(39-23(33)36)11-30-13-19(34)20(35)14-30/h1-4,9-10,17,19-20,34-35H,5-8,11-14H2/t17?,19-,20+. The van der Waals surface area contributed by atoms with Gasteiger partial charge in [0, 0.05) is 51.5 Å². The molecular formula is C24H27ClF3N5O6S. The number of aliphatic hydroxyl groups excluding tert-OH is 2. The molecule has 5 rings (SSSR count). The van der Waals surface area contributed by atoms with E-state index in [1.807, 2.05) is 4.90 Å². The monoisotopic (exact) mass is 605 g/mol. The maximum absolute atomic E-state index is 13.2. The van der Waals surface area contributed by atoms with Crippen molar-refractivity contribution in [1.29, 1.82) is 0 Å². The predicted molar refractivity (Wildman–Crippen MR) is 138 cm³/mol. The first kappa shape index (κ1) is 28.8. The third-order valence-electron chi connectivity index (χ3n) is 7.13. The van der Waals surface area contributed by atoms with Crippen LogP contribution in [-0.4, -0.2) is 110 Å². The highest BCUT2D eigenvalue weighted by Gasteiger charge is 2.38. The largest absolute Gasteiger partial charge is 0.443 e. The molecule has 3 saturated heterocycles. The van der Waals surface area contributed by atoms with E-state index in [0.29, 0.717) is 12.2 Å². The number of anilines is 2. The second-order valence-corrected chi connectivity index (χ2v) is 12.2. The van der Waals surface area contributed by atoms with Gasteiger partial charge in [0.2, 0.25) is 10.0 Å². The fraction of sp³-hybridized carbons (Fsp3) is 0.500. The number of hydrogen-bond donors (Lipinski definition) is 2. The second-order valence-electron chi connectivity index (χ2n) is 9.89. The van der Waals surface area contributed by atoms with Crippen LogP contribution in [0.2, 0.25) is 5.15 Å². The van der Waals surface area contributed by atoms with Gasteiger partial charge < -0.3 is 19.8 Å². The van der Waals surface area contributed by atoms with Crippen LogP contribution in [0.15, 0.2) is 41.3 Å². The third-order valence-corrected chi connectivity index (χ3v) is 9.23. The van der Waals surface area contributed by atoms with Gasteiger partial charge in [-0.25, -0.2) is 18.2 Å². The summed E-state index contributed by atoms with van der Waals surface area (Å²) in [5.41, 5.74) is -0.482.